The van der Waals surface area contributed by atoms with Crippen molar-refractivity contribution in [3.63, 3.8) is 0 Å². The van der Waals surface area contributed by atoms with Gasteiger partial charge >= 0.3 is 11.9 Å². The third-order valence-electron chi connectivity index (χ3n) is 19.0. The highest BCUT2D eigenvalue weighted by atomic mass is 16.5. The Labute approximate surface area is 310 Å². The van der Waals surface area contributed by atoms with Crippen LogP contribution in [0.2, 0.25) is 0 Å². The third kappa shape index (κ3) is 5.00. The van der Waals surface area contributed by atoms with Gasteiger partial charge in [0.2, 0.25) is 5.91 Å². The van der Waals surface area contributed by atoms with Gasteiger partial charge in [-0.3, -0.25) is 14.4 Å². The van der Waals surface area contributed by atoms with Crippen LogP contribution in [0.15, 0.2) is 12.2 Å². The molecule has 12 atom stereocenters. The monoisotopic (exact) mass is 706 g/mol. The number of hydrogen-bond donors (Lipinski definition) is 0. The van der Waals surface area contributed by atoms with Gasteiger partial charge in [-0.1, -0.05) is 67.5 Å². The van der Waals surface area contributed by atoms with Crippen molar-refractivity contribution in [1.82, 2.24) is 4.90 Å². The number of allylic oxidation sites excluding steroid dienone is 1. The molecule has 0 spiro atoms. The number of hydrogen-bond acceptors (Lipinski definition) is 5. The van der Waals surface area contributed by atoms with E-state index in [1.54, 1.807) is 0 Å². The maximum atomic E-state index is 14.8. The summed E-state index contributed by atoms with van der Waals surface area (Å²) in [5.74, 6) is 1.70. The van der Waals surface area contributed by atoms with Crippen LogP contribution in [0.4, 0.5) is 0 Å². The van der Waals surface area contributed by atoms with Gasteiger partial charge in [-0.2, -0.15) is 0 Å². The van der Waals surface area contributed by atoms with Crippen LogP contribution in [0.25, 0.3) is 0 Å². The standard InChI is InChI=1S/C45H71NO5/c1-28(2)29-15-22-45(38(49)46-25-13-12-14-26-46)24-23-44(10)42(8)20-16-31-40(5,6)33(51-37(48)35-30(39(35,3)4)27-34(47)50-11)18-19-41(31,7)32(42)17-21-43(44,9)36(29)45/h29-33,35-36H,1,12-27H2,2-11H3/t29-,30+,31-,32?,33-,35+,36+,41-,42+,43+,44-,45-/m0/s1. The van der Waals surface area contributed by atoms with Crippen molar-refractivity contribution in [2.24, 2.45) is 73.4 Å². The van der Waals surface area contributed by atoms with Crippen LogP contribution in [0.1, 0.15) is 152 Å². The number of rotatable bonds is 6. The van der Waals surface area contributed by atoms with Crippen molar-refractivity contribution >= 4 is 17.8 Å². The average molecular weight is 706 g/mol. The summed E-state index contributed by atoms with van der Waals surface area (Å²) in [6, 6.07) is 0. The van der Waals surface area contributed by atoms with Crippen LogP contribution in [-0.2, 0) is 23.9 Å². The molecular formula is C45H71NO5. The normalized spacial score (nSPS) is 47.9. The molecule has 0 aromatic carbocycles. The second kappa shape index (κ2) is 12.1. The summed E-state index contributed by atoms with van der Waals surface area (Å²) < 4.78 is 11.5. The molecular weight excluding hydrogens is 634 g/mol. The van der Waals surface area contributed by atoms with E-state index in [-0.39, 0.29) is 74.2 Å². The third-order valence-corrected chi connectivity index (χ3v) is 19.0. The van der Waals surface area contributed by atoms with E-state index in [1.165, 1.54) is 38.4 Å². The largest absolute Gasteiger partial charge is 0.469 e. The molecule has 1 aliphatic heterocycles. The summed E-state index contributed by atoms with van der Waals surface area (Å²) in [5, 5.41) is 0. The lowest BCUT2D eigenvalue weighted by Crippen LogP contribution is -2.70. The molecule has 1 heterocycles. The highest BCUT2D eigenvalue weighted by molar-refractivity contribution is 5.84. The topological polar surface area (TPSA) is 72.9 Å². The molecule has 0 bridgehead atoms. The second-order valence-corrected chi connectivity index (χ2v) is 21.3. The summed E-state index contributed by atoms with van der Waals surface area (Å²) >= 11 is 0. The molecule has 1 saturated heterocycles. The van der Waals surface area contributed by atoms with Crippen LogP contribution in [-0.4, -0.2) is 49.0 Å². The van der Waals surface area contributed by atoms with E-state index in [9.17, 15) is 14.4 Å². The number of carbonyl (C=O) groups is 3. The molecule has 7 rings (SSSR count). The molecule has 6 aliphatic carbocycles. The maximum absolute atomic E-state index is 14.8. The fourth-order valence-electron chi connectivity index (χ4n) is 15.8. The molecule has 6 nitrogen and oxygen atoms in total. The van der Waals surface area contributed by atoms with Gasteiger partial charge in [0.25, 0.3) is 0 Å². The molecule has 0 aromatic rings. The van der Waals surface area contributed by atoms with Gasteiger partial charge in [-0.25, -0.2) is 0 Å². The second-order valence-electron chi connectivity index (χ2n) is 21.3. The zero-order valence-corrected chi connectivity index (χ0v) is 34.1. The molecule has 6 heteroatoms. The number of fused-ring (bicyclic) bond motifs is 7. The van der Waals surface area contributed by atoms with Crippen LogP contribution in [0, 0.1) is 73.4 Å². The van der Waals surface area contributed by atoms with E-state index >= 15 is 0 Å². The highest BCUT2D eigenvalue weighted by Gasteiger charge is 2.76. The quantitative estimate of drug-likeness (QED) is 0.203. The zero-order chi connectivity index (χ0) is 37.2. The highest BCUT2D eigenvalue weighted by Crippen LogP contribution is 2.81. The molecule has 7 aliphatic rings. The summed E-state index contributed by atoms with van der Waals surface area (Å²) in [4.78, 5) is 42.9. The van der Waals surface area contributed by atoms with Crippen molar-refractivity contribution in [3.8, 4) is 0 Å². The maximum Gasteiger partial charge on any atom is 0.310 e. The lowest BCUT2D eigenvalue weighted by atomic mass is 9.29. The Morgan fingerprint density at radius 3 is 2.04 bits per heavy atom. The van der Waals surface area contributed by atoms with Gasteiger partial charge in [0.15, 0.2) is 0 Å². The smallest absolute Gasteiger partial charge is 0.310 e. The van der Waals surface area contributed by atoms with Gasteiger partial charge in [-0.05, 0) is 147 Å². The first-order valence-corrected chi connectivity index (χ1v) is 21.0. The SMILES string of the molecule is C=C(C)[C@@H]1CC[C@]2(C(=O)N3CCCCC3)CC[C@@]3(C)[C@]4(C)CC[C@H]5C(C)(C)[C@@H](OC(=O)[C@H]6[C@@H](CC(=O)OC)C6(C)C)CC[C@]5(C)C4CC[C@]3(C)[C@@H]12. The number of amides is 1. The number of methoxy groups -OCH3 is 1. The van der Waals surface area contributed by atoms with Gasteiger partial charge in [0, 0.05) is 24.9 Å². The van der Waals surface area contributed by atoms with E-state index in [2.05, 4.69) is 73.8 Å². The number of carbonyl (C=O) groups excluding carboxylic acids is 3. The Morgan fingerprint density at radius 2 is 1.39 bits per heavy atom. The Hall–Kier alpha value is -1.85. The molecule has 51 heavy (non-hydrogen) atoms. The van der Waals surface area contributed by atoms with Crippen LogP contribution in [0.5, 0.6) is 0 Å². The molecule has 286 valence electrons. The molecule has 0 N–H and O–H groups in total. The molecule has 1 unspecified atom stereocenters. The Morgan fingerprint density at radius 1 is 0.745 bits per heavy atom. The summed E-state index contributed by atoms with van der Waals surface area (Å²) in [6.07, 6.45) is 14.8. The van der Waals surface area contributed by atoms with Crippen LogP contribution in [0.3, 0.4) is 0 Å². The van der Waals surface area contributed by atoms with Crippen LogP contribution >= 0.6 is 0 Å². The van der Waals surface area contributed by atoms with E-state index < -0.39 is 0 Å². The van der Waals surface area contributed by atoms with Gasteiger partial charge in [0.05, 0.1) is 18.4 Å². The van der Waals surface area contributed by atoms with E-state index in [0.717, 1.165) is 70.9 Å². The first kappa shape index (κ1) is 37.5. The van der Waals surface area contributed by atoms with Crippen LogP contribution < -0.4 is 0 Å². The molecule has 1 amide bonds. The van der Waals surface area contributed by atoms with E-state index in [0.29, 0.717) is 29.6 Å². The fourth-order valence-corrected chi connectivity index (χ4v) is 15.8. The summed E-state index contributed by atoms with van der Waals surface area (Å²) in [6.45, 7) is 28.2. The van der Waals surface area contributed by atoms with Gasteiger partial charge in [-0.15, -0.1) is 0 Å². The van der Waals surface area contributed by atoms with Crippen molar-refractivity contribution in [2.75, 3.05) is 20.2 Å². The minimum absolute atomic E-state index is 0.0178. The Balaban J connectivity index is 1.15. The molecule has 0 radical (unpaired) electrons. The average Bonchev–Trinajstić information content (AvgIpc) is 3.39. The van der Waals surface area contributed by atoms with Gasteiger partial charge < -0.3 is 14.4 Å². The van der Waals surface area contributed by atoms with E-state index in [4.69, 9.17) is 9.47 Å². The number of piperidine rings is 1. The predicted molar refractivity (Wildman–Crippen MR) is 201 cm³/mol. The molecule has 7 fully saturated rings. The van der Waals surface area contributed by atoms with Crippen molar-refractivity contribution in [3.05, 3.63) is 12.2 Å². The summed E-state index contributed by atoms with van der Waals surface area (Å²) in [7, 11) is 1.42. The molecule has 6 saturated carbocycles. The van der Waals surface area contributed by atoms with Crippen molar-refractivity contribution in [1.29, 1.82) is 0 Å². The fraction of sp³-hybridized carbons (Fsp3) is 0.889. The summed E-state index contributed by atoms with van der Waals surface area (Å²) in [5.41, 5.74) is 1.22. The lowest BCUT2D eigenvalue weighted by molar-refractivity contribution is -0.277. The minimum atomic E-state index is -0.250. The number of ether oxygens (including phenoxy) is 2. The first-order valence-electron chi connectivity index (χ1n) is 21.0. The minimum Gasteiger partial charge on any atom is -0.469 e. The van der Waals surface area contributed by atoms with E-state index in [1.807, 2.05) is 0 Å². The molecule has 0 aromatic heterocycles. The predicted octanol–water partition coefficient (Wildman–Crippen LogP) is 9.79. The number of likely N-dealkylation sites (tertiary alicyclic amines) is 1. The lowest BCUT2D eigenvalue weighted by Gasteiger charge is -2.76. The van der Waals surface area contributed by atoms with Gasteiger partial charge in [0.1, 0.15) is 6.10 Å². The van der Waals surface area contributed by atoms with Crippen molar-refractivity contribution in [2.45, 2.75) is 158 Å². The Kier molecular flexibility index (Phi) is 8.87. The first-order chi connectivity index (χ1) is 23.8. The zero-order valence-electron chi connectivity index (χ0n) is 34.1. The van der Waals surface area contributed by atoms with Crippen molar-refractivity contribution < 1.29 is 23.9 Å². The number of nitrogens with zero attached hydrogens (tertiary/aromatic N) is 1. The Bertz CT molecular complexity index is 1460. The number of esters is 2.